The molecule has 2 bridgehead atoms. The Bertz CT molecular complexity index is 454. The third kappa shape index (κ3) is 1.84. The van der Waals surface area contributed by atoms with E-state index in [9.17, 15) is 0 Å². The fourth-order valence-electron chi connectivity index (χ4n) is 6.46. The Morgan fingerprint density at radius 2 is 1.73 bits per heavy atom. The lowest BCUT2D eigenvalue weighted by atomic mass is 9.54. The standard InChI is InChI=1S/C18H28O4/c1-17-5-2-3-13(17)14-12(4-6-17)11-18-16(20-8-10-22-18)15(14)19-7-9-21-18/h12-16H,2-11H2,1H3. The van der Waals surface area contributed by atoms with Crippen molar-refractivity contribution < 1.29 is 18.9 Å². The van der Waals surface area contributed by atoms with Crippen molar-refractivity contribution in [1.29, 1.82) is 0 Å². The second-order valence-corrected chi connectivity index (χ2v) is 8.37. The van der Waals surface area contributed by atoms with Crippen LogP contribution in [0.5, 0.6) is 0 Å². The van der Waals surface area contributed by atoms with E-state index >= 15 is 0 Å². The number of fused-ring (bicyclic) bond motifs is 4. The van der Waals surface area contributed by atoms with Crippen molar-refractivity contribution in [3.8, 4) is 0 Å². The van der Waals surface area contributed by atoms with E-state index in [2.05, 4.69) is 6.92 Å². The van der Waals surface area contributed by atoms with Gasteiger partial charge in [0.05, 0.1) is 32.5 Å². The van der Waals surface area contributed by atoms with Crippen LogP contribution in [0.25, 0.3) is 0 Å². The monoisotopic (exact) mass is 308 g/mol. The summed E-state index contributed by atoms with van der Waals surface area (Å²) in [5.74, 6) is 1.60. The highest BCUT2D eigenvalue weighted by molar-refractivity contribution is 5.09. The normalized spacial score (nSPS) is 57.4. The van der Waals surface area contributed by atoms with E-state index < -0.39 is 5.79 Å². The molecular weight excluding hydrogens is 280 g/mol. The van der Waals surface area contributed by atoms with Crippen molar-refractivity contribution in [1.82, 2.24) is 0 Å². The molecule has 7 unspecified atom stereocenters. The van der Waals surface area contributed by atoms with Crippen LogP contribution >= 0.6 is 0 Å². The minimum absolute atomic E-state index is 0.0204. The molecule has 0 aromatic heterocycles. The molecule has 0 aromatic carbocycles. The van der Waals surface area contributed by atoms with Crippen LogP contribution < -0.4 is 0 Å². The third-order valence-corrected chi connectivity index (χ3v) is 7.38. The molecule has 0 radical (unpaired) electrons. The maximum atomic E-state index is 6.33. The molecule has 4 heteroatoms. The summed E-state index contributed by atoms with van der Waals surface area (Å²) in [7, 11) is 0. The SMILES string of the molecule is CC12CCCC1C1C(CC2)CC23OCCOC1C2OCCO3. The molecule has 2 aliphatic heterocycles. The first-order valence-corrected chi connectivity index (χ1v) is 9.23. The maximum Gasteiger partial charge on any atom is 0.197 e. The number of rotatable bonds is 0. The third-order valence-electron chi connectivity index (χ3n) is 7.38. The molecule has 4 nitrogen and oxygen atoms in total. The molecule has 0 aromatic rings. The van der Waals surface area contributed by atoms with Crippen molar-refractivity contribution in [3.63, 3.8) is 0 Å². The van der Waals surface area contributed by atoms with Gasteiger partial charge in [0.25, 0.3) is 0 Å². The predicted octanol–water partition coefficient (Wildman–Crippen LogP) is 2.75. The summed E-state index contributed by atoms with van der Waals surface area (Å²) in [6, 6.07) is 0. The first-order chi connectivity index (χ1) is 10.7. The van der Waals surface area contributed by atoms with Gasteiger partial charge in [-0.1, -0.05) is 13.3 Å². The summed E-state index contributed by atoms with van der Waals surface area (Å²) in [4.78, 5) is 0. The average molecular weight is 308 g/mol. The Balaban J connectivity index is 1.54. The Labute approximate surface area is 132 Å². The Morgan fingerprint density at radius 3 is 2.59 bits per heavy atom. The topological polar surface area (TPSA) is 36.9 Å². The zero-order valence-corrected chi connectivity index (χ0v) is 13.6. The highest BCUT2D eigenvalue weighted by atomic mass is 16.7. The highest BCUT2D eigenvalue weighted by Crippen LogP contribution is 2.61. The van der Waals surface area contributed by atoms with Crippen LogP contribution in [0.2, 0.25) is 0 Å². The second-order valence-electron chi connectivity index (χ2n) is 8.37. The maximum absolute atomic E-state index is 6.33. The first kappa shape index (κ1) is 14.2. The molecule has 3 aliphatic carbocycles. The van der Waals surface area contributed by atoms with Crippen LogP contribution in [0.1, 0.15) is 45.4 Å². The summed E-state index contributed by atoms with van der Waals surface area (Å²) in [6.45, 7) is 5.17. The lowest BCUT2D eigenvalue weighted by molar-refractivity contribution is -0.358. The average Bonchev–Trinajstić information content (AvgIpc) is 2.85. The van der Waals surface area contributed by atoms with E-state index in [0.29, 0.717) is 43.7 Å². The van der Waals surface area contributed by atoms with Gasteiger partial charge in [0.15, 0.2) is 5.79 Å². The van der Waals surface area contributed by atoms with Crippen molar-refractivity contribution in [3.05, 3.63) is 0 Å². The van der Waals surface area contributed by atoms with Crippen LogP contribution in [0.3, 0.4) is 0 Å². The first-order valence-electron chi connectivity index (χ1n) is 9.23. The van der Waals surface area contributed by atoms with E-state index in [4.69, 9.17) is 18.9 Å². The van der Waals surface area contributed by atoms with Gasteiger partial charge in [0, 0.05) is 6.42 Å². The highest BCUT2D eigenvalue weighted by Gasteiger charge is 2.63. The minimum Gasteiger partial charge on any atom is -0.373 e. The van der Waals surface area contributed by atoms with Crippen LogP contribution in [-0.4, -0.2) is 44.4 Å². The van der Waals surface area contributed by atoms with E-state index in [0.717, 1.165) is 12.3 Å². The largest absolute Gasteiger partial charge is 0.373 e. The zero-order chi connectivity index (χ0) is 14.8. The molecule has 0 N–H and O–H groups in total. The molecule has 7 atom stereocenters. The van der Waals surface area contributed by atoms with Gasteiger partial charge in [0.1, 0.15) is 6.10 Å². The van der Waals surface area contributed by atoms with Crippen molar-refractivity contribution >= 4 is 0 Å². The zero-order valence-electron chi connectivity index (χ0n) is 13.6. The van der Waals surface area contributed by atoms with Crippen LogP contribution in [0.4, 0.5) is 0 Å². The molecule has 0 amide bonds. The summed E-state index contributed by atoms with van der Waals surface area (Å²) >= 11 is 0. The lowest BCUT2D eigenvalue weighted by Gasteiger charge is -2.58. The van der Waals surface area contributed by atoms with Gasteiger partial charge in [-0.3, -0.25) is 0 Å². The van der Waals surface area contributed by atoms with E-state index in [1.807, 2.05) is 0 Å². The Hall–Kier alpha value is -0.160. The summed E-state index contributed by atoms with van der Waals surface area (Å²) in [6.07, 6.45) is 8.00. The fourth-order valence-corrected chi connectivity index (χ4v) is 6.46. The van der Waals surface area contributed by atoms with Gasteiger partial charge in [-0.25, -0.2) is 0 Å². The van der Waals surface area contributed by atoms with E-state index in [-0.39, 0.29) is 12.2 Å². The van der Waals surface area contributed by atoms with Crippen LogP contribution in [0.15, 0.2) is 0 Å². The summed E-state index contributed by atoms with van der Waals surface area (Å²) < 4.78 is 24.9. The smallest absolute Gasteiger partial charge is 0.197 e. The summed E-state index contributed by atoms with van der Waals surface area (Å²) in [5, 5.41) is 0. The van der Waals surface area contributed by atoms with Crippen LogP contribution in [-0.2, 0) is 18.9 Å². The van der Waals surface area contributed by atoms with Crippen molar-refractivity contribution in [2.24, 2.45) is 23.2 Å². The van der Waals surface area contributed by atoms with Gasteiger partial charge in [-0.05, 0) is 48.9 Å². The van der Waals surface area contributed by atoms with Gasteiger partial charge < -0.3 is 18.9 Å². The molecule has 22 heavy (non-hydrogen) atoms. The van der Waals surface area contributed by atoms with Gasteiger partial charge in [-0.15, -0.1) is 0 Å². The minimum atomic E-state index is -0.521. The van der Waals surface area contributed by atoms with Crippen molar-refractivity contribution in [2.45, 2.75) is 63.4 Å². The molecular formula is C18H28O4. The molecule has 124 valence electrons. The predicted molar refractivity (Wildman–Crippen MR) is 80.4 cm³/mol. The second kappa shape index (κ2) is 4.92. The van der Waals surface area contributed by atoms with Crippen molar-refractivity contribution in [2.75, 3.05) is 26.4 Å². The quantitative estimate of drug-likeness (QED) is 0.689. The van der Waals surface area contributed by atoms with E-state index in [1.165, 1.54) is 32.1 Å². The molecule has 2 saturated heterocycles. The Morgan fingerprint density at radius 1 is 0.909 bits per heavy atom. The Kier molecular flexibility index (Phi) is 3.18. The molecule has 2 heterocycles. The molecule has 0 spiro atoms. The van der Waals surface area contributed by atoms with E-state index in [1.54, 1.807) is 0 Å². The molecule has 5 rings (SSSR count). The van der Waals surface area contributed by atoms with Gasteiger partial charge in [0.2, 0.25) is 0 Å². The molecule has 5 aliphatic rings. The number of hydrogen-bond acceptors (Lipinski definition) is 4. The number of ether oxygens (including phenoxy) is 4. The molecule has 3 saturated carbocycles. The van der Waals surface area contributed by atoms with Gasteiger partial charge in [-0.2, -0.15) is 0 Å². The molecule has 5 fully saturated rings. The van der Waals surface area contributed by atoms with Crippen LogP contribution in [0, 0.1) is 23.2 Å². The lowest BCUT2D eigenvalue weighted by Crippen LogP contribution is -2.66. The fraction of sp³-hybridized carbons (Fsp3) is 1.00. The summed E-state index contributed by atoms with van der Waals surface area (Å²) in [5.41, 5.74) is 0.535. The number of hydrogen-bond donors (Lipinski definition) is 0. The van der Waals surface area contributed by atoms with Gasteiger partial charge >= 0.3 is 0 Å².